The van der Waals surface area contributed by atoms with E-state index in [2.05, 4.69) is 217 Å². The Bertz CT molecular complexity index is 3120. The Morgan fingerprint density at radius 3 is 1.39 bits per heavy atom. The molecule has 56 heavy (non-hydrogen) atoms. The van der Waals surface area contributed by atoms with Crippen LogP contribution in [-0.4, -0.2) is 4.57 Å². The minimum absolute atomic E-state index is 0.411. The highest BCUT2D eigenvalue weighted by Crippen LogP contribution is 2.64. The summed E-state index contributed by atoms with van der Waals surface area (Å²) in [5.74, 6) is 0. The van der Waals surface area contributed by atoms with E-state index < -0.39 is 5.41 Å². The van der Waals surface area contributed by atoms with Gasteiger partial charge in [-0.15, -0.1) is 0 Å². The zero-order chi connectivity index (χ0) is 36.8. The number of fused-ring (bicyclic) bond motifs is 14. The number of para-hydroxylation sites is 1. The lowest BCUT2D eigenvalue weighted by molar-refractivity contribution is 0.794. The fourth-order valence-electron chi connectivity index (χ4n) is 10.1. The van der Waals surface area contributed by atoms with Crippen LogP contribution < -0.4 is 0 Å². The molecule has 1 heteroatoms. The van der Waals surface area contributed by atoms with Crippen LogP contribution in [0.15, 0.2) is 212 Å². The Kier molecular flexibility index (Phi) is 6.62. The first kappa shape index (κ1) is 31.2. The van der Waals surface area contributed by atoms with Gasteiger partial charge in [0.25, 0.3) is 0 Å². The van der Waals surface area contributed by atoms with E-state index in [1.165, 1.54) is 99.7 Å². The first-order valence-corrected chi connectivity index (χ1v) is 19.5. The average Bonchev–Trinajstić information content (AvgIpc) is 3.89. The molecule has 12 rings (SSSR count). The Morgan fingerprint density at radius 2 is 0.768 bits per heavy atom. The molecule has 1 heterocycles. The van der Waals surface area contributed by atoms with Crippen molar-refractivity contribution < 1.29 is 0 Å². The van der Waals surface area contributed by atoms with Gasteiger partial charge in [0.15, 0.2) is 0 Å². The second kappa shape index (κ2) is 11.9. The molecule has 0 unspecified atom stereocenters. The van der Waals surface area contributed by atoms with E-state index in [9.17, 15) is 0 Å². The van der Waals surface area contributed by atoms with Crippen molar-refractivity contribution in [3.05, 3.63) is 235 Å². The fourth-order valence-corrected chi connectivity index (χ4v) is 10.1. The van der Waals surface area contributed by atoms with Gasteiger partial charge < -0.3 is 4.57 Å². The summed E-state index contributed by atoms with van der Waals surface area (Å²) < 4.78 is 2.56. The number of aromatic nitrogens is 1. The predicted molar refractivity (Wildman–Crippen MR) is 233 cm³/mol. The molecule has 0 bridgehead atoms. The van der Waals surface area contributed by atoms with E-state index in [4.69, 9.17) is 0 Å². The van der Waals surface area contributed by atoms with Crippen LogP contribution in [-0.2, 0) is 5.41 Å². The highest BCUT2D eigenvalue weighted by Gasteiger charge is 2.52. The summed E-state index contributed by atoms with van der Waals surface area (Å²) in [7, 11) is 0. The van der Waals surface area contributed by atoms with Crippen LogP contribution in [0.4, 0.5) is 0 Å². The van der Waals surface area contributed by atoms with E-state index in [0.717, 1.165) is 5.69 Å². The van der Waals surface area contributed by atoms with E-state index in [1.54, 1.807) is 0 Å². The van der Waals surface area contributed by atoms with Gasteiger partial charge >= 0.3 is 0 Å². The summed E-state index contributed by atoms with van der Waals surface area (Å²) in [6.45, 7) is 0. The lowest BCUT2D eigenvalue weighted by atomic mass is 9.70. The largest absolute Gasteiger partial charge is 0.309 e. The molecule has 0 saturated carbocycles. The maximum absolute atomic E-state index is 2.56. The smallest absolute Gasteiger partial charge is 0.0726 e. The summed E-state index contributed by atoms with van der Waals surface area (Å²) in [6.07, 6.45) is 0. The van der Waals surface area contributed by atoms with Crippen LogP contribution in [0.1, 0.15) is 22.3 Å². The molecule has 2 aliphatic rings. The monoisotopic (exact) mass is 709 g/mol. The van der Waals surface area contributed by atoms with Crippen LogP contribution in [0.2, 0.25) is 0 Å². The van der Waals surface area contributed by atoms with Gasteiger partial charge in [0.2, 0.25) is 0 Å². The minimum Gasteiger partial charge on any atom is -0.309 e. The minimum atomic E-state index is -0.411. The molecular weight excluding hydrogens is 675 g/mol. The van der Waals surface area contributed by atoms with Crippen molar-refractivity contribution in [2.45, 2.75) is 5.41 Å². The molecule has 260 valence electrons. The highest BCUT2D eigenvalue weighted by molar-refractivity contribution is 6.16. The lowest BCUT2D eigenvalue weighted by Gasteiger charge is -2.30. The topological polar surface area (TPSA) is 4.93 Å². The Hall–Kier alpha value is -7.22. The van der Waals surface area contributed by atoms with Crippen molar-refractivity contribution in [2.75, 3.05) is 0 Å². The Balaban J connectivity index is 1.17. The third kappa shape index (κ3) is 4.26. The Morgan fingerprint density at radius 1 is 0.304 bits per heavy atom. The van der Waals surface area contributed by atoms with Gasteiger partial charge in [-0.1, -0.05) is 188 Å². The maximum Gasteiger partial charge on any atom is 0.0726 e. The van der Waals surface area contributed by atoms with Gasteiger partial charge in [0, 0.05) is 22.0 Å². The molecule has 0 aliphatic heterocycles. The van der Waals surface area contributed by atoms with Crippen molar-refractivity contribution in [1.29, 1.82) is 0 Å². The number of benzene rings is 9. The van der Waals surface area contributed by atoms with E-state index in [1.807, 2.05) is 0 Å². The van der Waals surface area contributed by atoms with Crippen molar-refractivity contribution in [3.8, 4) is 61.3 Å². The molecule has 0 radical (unpaired) electrons. The molecule has 0 saturated heterocycles. The molecular formula is C55H35N. The van der Waals surface area contributed by atoms with Crippen LogP contribution in [0.3, 0.4) is 0 Å². The SMILES string of the molecule is c1ccc(-c2ccc(-c3cc(-c4ccccc4)cc(-n4c5ccccc5c5ccc6c(c54)-c4ccccc4C64c5ccccc5-c5ccccc54)c3)cc2)cc1. The lowest BCUT2D eigenvalue weighted by Crippen LogP contribution is -2.25. The zero-order valence-corrected chi connectivity index (χ0v) is 30.7. The number of rotatable bonds is 4. The second-order valence-corrected chi connectivity index (χ2v) is 15.2. The standard InChI is InChI=1S/C55H35N/c1-3-15-36(16-4-1)38-27-29-39(30-28-38)41-33-40(37-17-5-2-6-18-37)34-42(35-41)56-52-26-14-10-21-45(52)46-31-32-51-53(54(46)56)47-22-9-13-25-50(47)55(51)48-23-11-7-19-43(48)44-20-8-12-24-49(44)55/h1-35H. The van der Waals surface area contributed by atoms with Crippen molar-refractivity contribution >= 4 is 21.8 Å². The van der Waals surface area contributed by atoms with E-state index in [-0.39, 0.29) is 0 Å². The predicted octanol–water partition coefficient (Wildman–Crippen LogP) is 14.1. The van der Waals surface area contributed by atoms with E-state index >= 15 is 0 Å². The Labute approximate surface area is 326 Å². The summed E-state index contributed by atoms with van der Waals surface area (Å²) in [5, 5.41) is 2.53. The summed E-state index contributed by atoms with van der Waals surface area (Å²) in [5.41, 5.74) is 21.1. The van der Waals surface area contributed by atoms with Gasteiger partial charge in [-0.2, -0.15) is 0 Å². The molecule has 2 aliphatic carbocycles. The maximum atomic E-state index is 2.56. The van der Waals surface area contributed by atoms with Crippen molar-refractivity contribution in [2.24, 2.45) is 0 Å². The molecule has 1 aromatic heterocycles. The van der Waals surface area contributed by atoms with E-state index in [0.29, 0.717) is 0 Å². The first-order chi connectivity index (χ1) is 27.8. The van der Waals surface area contributed by atoms with Crippen LogP contribution in [0.5, 0.6) is 0 Å². The number of hydrogen-bond acceptors (Lipinski definition) is 0. The molecule has 0 N–H and O–H groups in total. The normalized spacial score (nSPS) is 13.1. The van der Waals surface area contributed by atoms with Crippen LogP contribution in [0.25, 0.3) is 83.1 Å². The fraction of sp³-hybridized carbons (Fsp3) is 0.0182. The van der Waals surface area contributed by atoms with Crippen molar-refractivity contribution in [3.63, 3.8) is 0 Å². The highest BCUT2D eigenvalue weighted by atomic mass is 15.0. The van der Waals surface area contributed by atoms with Gasteiger partial charge in [0.05, 0.1) is 16.4 Å². The third-order valence-electron chi connectivity index (χ3n) is 12.4. The number of nitrogens with zero attached hydrogens (tertiary/aromatic N) is 1. The first-order valence-electron chi connectivity index (χ1n) is 19.5. The third-order valence-corrected chi connectivity index (χ3v) is 12.4. The molecule has 1 spiro atoms. The molecule has 10 aromatic rings. The van der Waals surface area contributed by atoms with Gasteiger partial charge in [-0.05, 0) is 96.6 Å². The molecule has 9 aromatic carbocycles. The quantitative estimate of drug-likeness (QED) is 0.171. The molecule has 0 fully saturated rings. The summed E-state index contributed by atoms with van der Waals surface area (Å²) in [6, 6.07) is 78.7. The van der Waals surface area contributed by atoms with Gasteiger partial charge in [0.1, 0.15) is 0 Å². The molecule has 1 nitrogen and oxygen atoms in total. The molecule has 0 amide bonds. The van der Waals surface area contributed by atoms with Crippen molar-refractivity contribution in [1.82, 2.24) is 4.57 Å². The van der Waals surface area contributed by atoms with Crippen LogP contribution >= 0.6 is 0 Å². The second-order valence-electron chi connectivity index (χ2n) is 15.2. The van der Waals surface area contributed by atoms with Gasteiger partial charge in [-0.3, -0.25) is 0 Å². The zero-order valence-electron chi connectivity index (χ0n) is 30.7. The molecule has 0 atom stereocenters. The average molecular weight is 710 g/mol. The summed E-state index contributed by atoms with van der Waals surface area (Å²) >= 11 is 0. The van der Waals surface area contributed by atoms with Crippen LogP contribution in [0, 0.1) is 0 Å². The summed E-state index contributed by atoms with van der Waals surface area (Å²) in [4.78, 5) is 0. The van der Waals surface area contributed by atoms with Gasteiger partial charge in [-0.25, -0.2) is 0 Å². The number of hydrogen-bond donors (Lipinski definition) is 0.